The van der Waals surface area contributed by atoms with Crippen LogP contribution in [0.2, 0.25) is 0 Å². The van der Waals surface area contributed by atoms with Gasteiger partial charge in [-0.1, -0.05) is 22.9 Å². The van der Waals surface area contributed by atoms with Crippen LogP contribution in [0.25, 0.3) is 28.2 Å². The van der Waals surface area contributed by atoms with Gasteiger partial charge in [-0.3, -0.25) is 24.3 Å². The highest BCUT2D eigenvalue weighted by molar-refractivity contribution is 14.1. The number of hydrogen-bond acceptors (Lipinski definition) is 5. The van der Waals surface area contributed by atoms with Gasteiger partial charge in [-0.25, -0.2) is 4.98 Å². The molecule has 0 fully saturated rings. The zero-order valence-electron chi connectivity index (χ0n) is 18.9. The lowest BCUT2D eigenvalue weighted by Gasteiger charge is -2.15. The molecule has 4 aromatic rings. The molecule has 0 unspecified atom stereocenters. The quantitative estimate of drug-likeness (QED) is 0.114. The molecular weight excluding hydrogens is 639 g/mol. The molecular formula is C26H18BrIN4O4. The first-order valence-corrected chi connectivity index (χ1v) is 13.0. The first-order valence-electron chi connectivity index (χ1n) is 11.1. The average molecular weight is 657 g/mol. The minimum atomic E-state index is -0.495. The summed E-state index contributed by atoms with van der Waals surface area (Å²) in [6, 6.07) is 16.7. The molecule has 0 N–H and O–H groups in total. The summed E-state index contributed by atoms with van der Waals surface area (Å²) in [5.41, 5.74) is 2.46. The monoisotopic (exact) mass is 656 g/mol. The normalized spacial score (nSPS) is 14.0. The Morgan fingerprint density at radius 2 is 1.83 bits per heavy atom. The van der Waals surface area contributed by atoms with Crippen LogP contribution in [0.15, 0.2) is 69.9 Å². The summed E-state index contributed by atoms with van der Waals surface area (Å²) < 4.78 is 3.09. The molecule has 10 heteroatoms. The fraction of sp³-hybridized carbons (Fsp3) is 0.115. The number of non-ortho nitro benzene ring substituents is 1. The Bertz CT molecular complexity index is 1650. The fourth-order valence-corrected chi connectivity index (χ4v) is 5.14. The van der Waals surface area contributed by atoms with E-state index in [2.05, 4.69) is 38.5 Å². The van der Waals surface area contributed by atoms with Crippen molar-refractivity contribution in [2.75, 3.05) is 11.4 Å². The SMILES string of the molecule is CCCN1C(=O)/C(=C\c2nc3ccc(I)cc3c(=O)n2-c2ccc([N+](=O)[O-])cc2)c2cc(Br)ccc21. The minimum Gasteiger partial charge on any atom is -0.308 e. The second kappa shape index (κ2) is 9.58. The molecule has 3 aromatic carbocycles. The number of anilines is 1. The number of fused-ring (bicyclic) bond motifs is 2. The number of hydrogen-bond donors (Lipinski definition) is 0. The number of carbonyl (C=O) groups is 1. The molecule has 1 aliphatic heterocycles. The average Bonchev–Trinajstić information content (AvgIpc) is 3.10. The van der Waals surface area contributed by atoms with Gasteiger partial charge in [0, 0.05) is 32.3 Å². The second-order valence-corrected chi connectivity index (χ2v) is 10.4. The number of benzene rings is 3. The molecule has 0 bridgehead atoms. The number of amides is 1. The largest absolute Gasteiger partial charge is 0.308 e. The van der Waals surface area contributed by atoms with Crippen LogP contribution in [0, 0.1) is 13.7 Å². The van der Waals surface area contributed by atoms with E-state index in [1.165, 1.54) is 28.8 Å². The van der Waals surface area contributed by atoms with Crippen LogP contribution in [-0.4, -0.2) is 26.9 Å². The number of nitrogens with zero attached hydrogens (tertiary/aromatic N) is 4. The topological polar surface area (TPSA) is 98.3 Å². The van der Waals surface area contributed by atoms with Gasteiger partial charge in [0.2, 0.25) is 0 Å². The molecule has 5 rings (SSSR count). The summed E-state index contributed by atoms with van der Waals surface area (Å²) in [4.78, 5) is 44.3. The maximum absolute atomic E-state index is 13.7. The van der Waals surface area contributed by atoms with E-state index < -0.39 is 4.92 Å². The van der Waals surface area contributed by atoms with Crippen molar-refractivity contribution >= 4 is 78.4 Å². The van der Waals surface area contributed by atoms with Crippen molar-refractivity contribution in [3.63, 3.8) is 0 Å². The zero-order chi connectivity index (χ0) is 25.6. The van der Waals surface area contributed by atoms with Gasteiger partial charge in [-0.2, -0.15) is 0 Å². The van der Waals surface area contributed by atoms with Crippen molar-refractivity contribution in [2.45, 2.75) is 13.3 Å². The van der Waals surface area contributed by atoms with Crippen LogP contribution >= 0.6 is 38.5 Å². The van der Waals surface area contributed by atoms with Gasteiger partial charge in [-0.05, 0) is 83.6 Å². The molecule has 1 amide bonds. The molecule has 1 aliphatic rings. The second-order valence-electron chi connectivity index (χ2n) is 8.22. The Balaban J connectivity index is 1.79. The number of carbonyl (C=O) groups excluding carboxylic acids is 1. The number of nitro benzene ring substituents is 1. The Kier molecular flexibility index (Phi) is 6.47. The Morgan fingerprint density at radius 3 is 2.53 bits per heavy atom. The molecule has 180 valence electrons. The van der Waals surface area contributed by atoms with Gasteiger partial charge in [-0.15, -0.1) is 0 Å². The number of nitro groups is 1. The standard InChI is InChI=1S/C26H18BrIN4O4/c1-2-11-30-23-10-3-15(27)12-19(23)20(25(30)33)14-24-29-22-9-4-16(28)13-21(22)26(34)31(24)17-5-7-18(8-6-17)32(35)36/h3-10,12-14H,2,11H2,1H3/b20-14-. The summed E-state index contributed by atoms with van der Waals surface area (Å²) >= 11 is 5.62. The molecule has 36 heavy (non-hydrogen) atoms. The van der Waals surface area contributed by atoms with E-state index in [9.17, 15) is 19.7 Å². The fourth-order valence-electron chi connectivity index (χ4n) is 4.29. The summed E-state index contributed by atoms with van der Waals surface area (Å²) in [5, 5.41) is 11.6. The summed E-state index contributed by atoms with van der Waals surface area (Å²) in [6.07, 6.45) is 2.42. The third-order valence-electron chi connectivity index (χ3n) is 5.91. The summed E-state index contributed by atoms with van der Waals surface area (Å²) in [7, 11) is 0. The van der Waals surface area contributed by atoms with Gasteiger partial charge in [0.15, 0.2) is 0 Å². The molecule has 0 saturated heterocycles. The summed E-state index contributed by atoms with van der Waals surface area (Å²) in [5.74, 6) is 0.0901. The highest BCUT2D eigenvalue weighted by Gasteiger charge is 2.32. The van der Waals surface area contributed by atoms with Crippen molar-refractivity contribution in [1.82, 2.24) is 9.55 Å². The lowest BCUT2D eigenvalue weighted by molar-refractivity contribution is -0.384. The molecule has 2 heterocycles. The molecule has 0 atom stereocenters. The van der Waals surface area contributed by atoms with Crippen LogP contribution < -0.4 is 10.5 Å². The maximum atomic E-state index is 13.7. The number of aromatic nitrogens is 2. The van der Waals surface area contributed by atoms with Crippen LogP contribution in [0.3, 0.4) is 0 Å². The minimum absolute atomic E-state index is 0.0880. The smallest absolute Gasteiger partial charge is 0.269 e. The maximum Gasteiger partial charge on any atom is 0.269 e. The van der Waals surface area contributed by atoms with Gasteiger partial charge >= 0.3 is 0 Å². The van der Waals surface area contributed by atoms with E-state index in [0.29, 0.717) is 28.7 Å². The van der Waals surface area contributed by atoms with E-state index in [1.807, 2.05) is 31.2 Å². The summed E-state index contributed by atoms with van der Waals surface area (Å²) in [6.45, 7) is 2.57. The van der Waals surface area contributed by atoms with E-state index in [-0.39, 0.29) is 23.0 Å². The van der Waals surface area contributed by atoms with Crippen molar-refractivity contribution in [2.24, 2.45) is 0 Å². The molecule has 0 radical (unpaired) electrons. The highest BCUT2D eigenvalue weighted by atomic mass is 127. The van der Waals surface area contributed by atoms with Crippen molar-refractivity contribution in [3.05, 3.63) is 101 Å². The lowest BCUT2D eigenvalue weighted by Crippen LogP contribution is -2.27. The molecule has 1 aromatic heterocycles. The van der Waals surface area contributed by atoms with Crippen LogP contribution in [0.5, 0.6) is 0 Å². The van der Waals surface area contributed by atoms with Crippen molar-refractivity contribution < 1.29 is 9.72 Å². The van der Waals surface area contributed by atoms with Crippen LogP contribution in [-0.2, 0) is 4.79 Å². The molecule has 0 saturated carbocycles. The Hall–Kier alpha value is -3.38. The van der Waals surface area contributed by atoms with Gasteiger partial charge < -0.3 is 4.90 Å². The highest BCUT2D eigenvalue weighted by Crippen LogP contribution is 2.39. The van der Waals surface area contributed by atoms with Gasteiger partial charge in [0.1, 0.15) is 5.82 Å². The van der Waals surface area contributed by atoms with E-state index in [0.717, 1.165) is 25.7 Å². The Morgan fingerprint density at radius 1 is 1.08 bits per heavy atom. The van der Waals surface area contributed by atoms with Gasteiger partial charge in [0.05, 0.1) is 32.8 Å². The third kappa shape index (κ3) is 4.24. The van der Waals surface area contributed by atoms with E-state index >= 15 is 0 Å². The predicted octanol–water partition coefficient (Wildman–Crippen LogP) is 5.96. The van der Waals surface area contributed by atoms with E-state index in [1.54, 1.807) is 23.1 Å². The zero-order valence-corrected chi connectivity index (χ0v) is 22.7. The number of rotatable bonds is 5. The van der Waals surface area contributed by atoms with Crippen LogP contribution in [0.1, 0.15) is 24.7 Å². The molecule has 8 nitrogen and oxygen atoms in total. The third-order valence-corrected chi connectivity index (χ3v) is 7.07. The van der Waals surface area contributed by atoms with E-state index in [4.69, 9.17) is 4.98 Å². The lowest BCUT2D eigenvalue weighted by atomic mass is 10.1. The number of halogens is 2. The van der Waals surface area contributed by atoms with Crippen LogP contribution in [0.4, 0.5) is 11.4 Å². The van der Waals surface area contributed by atoms with Crippen molar-refractivity contribution in [3.8, 4) is 5.69 Å². The first kappa shape index (κ1) is 24.3. The molecule has 0 aliphatic carbocycles. The predicted molar refractivity (Wildman–Crippen MR) is 151 cm³/mol. The molecule has 0 spiro atoms. The first-order chi connectivity index (χ1) is 17.3. The Labute approximate surface area is 227 Å². The van der Waals surface area contributed by atoms with Crippen molar-refractivity contribution in [1.29, 1.82) is 0 Å². The van der Waals surface area contributed by atoms with Gasteiger partial charge in [0.25, 0.3) is 17.2 Å².